The van der Waals surface area contributed by atoms with E-state index in [2.05, 4.69) is 10.6 Å². The van der Waals surface area contributed by atoms with E-state index in [-0.39, 0.29) is 6.61 Å². The highest BCUT2D eigenvalue weighted by Gasteiger charge is 2.39. The Kier molecular flexibility index (Phi) is 6.46. The third kappa shape index (κ3) is 5.10. The molecule has 1 atom stereocenters. The molecule has 0 bridgehead atoms. The van der Waals surface area contributed by atoms with E-state index in [1.807, 2.05) is 58.9 Å². The van der Waals surface area contributed by atoms with Gasteiger partial charge in [0.25, 0.3) is 0 Å². The third-order valence-corrected chi connectivity index (χ3v) is 7.82. The maximum absolute atomic E-state index is 12.6. The van der Waals surface area contributed by atoms with Gasteiger partial charge in [-0.1, -0.05) is 24.3 Å². The molecule has 2 heterocycles. The van der Waals surface area contributed by atoms with Crippen LogP contribution < -0.4 is 10.6 Å². The van der Waals surface area contributed by atoms with Gasteiger partial charge in [-0.05, 0) is 59.4 Å². The fourth-order valence-electron chi connectivity index (χ4n) is 4.26. The summed E-state index contributed by atoms with van der Waals surface area (Å²) >= 11 is 0. The van der Waals surface area contributed by atoms with Gasteiger partial charge in [0.15, 0.2) is 5.82 Å². The van der Waals surface area contributed by atoms with E-state index < -0.39 is 33.6 Å². The molecule has 1 aliphatic carbocycles. The van der Waals surface area contributed by atoms with Crippen molar-refractivity contribution in [3.05, 3.63) is 35.5 Å². The molecule has 3 N–H and O–H groups in total. The number of fused-ring (bicyclic) bond motifs is 1. The molecule has 8 nitrogen and oxygen atoms in total. The minimum Gasteiger partial charge on any atom is -0.444 e. The van der Waals surface area contributed by atoms with Crippen LogP contribution in [-0.2, 0) is 27.5 Å². The highest BCUT2D eigenvalue weighted by molar-refractivity contribution is 7.85. The number of hydrogen-bond donors (Lipinski definition) is 3. The van der Waals surface area contributed by atoms with Crippen LogP contribution in [0.3, 0.4) is 0 Å². The number of alkyl carbamates (subject to hydrolysis) is 1. The molecule has 2 aliphatic rings. The quantitative estimate of drug-likeness (QED) is 0.568. The van der Waals surface area contributed by atoms with Crippen LogP contribution in [-0.4, -0.2) is 48.9 Å². The summed E-state index contributed by atoms with van der Waals surface area (Å²) in [6, 6.07) is 7.73. The van der Waals surface area contributed by atoms with E-state index in [0.29, 0.717) is 28.7 Å². The molecular formula is C25H34N4O4S. The summed E-state index contributed by atoms with van der Waals surface area (Å²) in [6.45, 7) is 9.34. The van der Waals surface area contributed by atoms with Gasteiger partial charge in [-0.25, -0.2) is 14.8 Å². The zero-order valence-electron chi connectivity index (χ0n) is 20.5. The lowest BCUT2D eigenvalue weighted by Crippen LogP contribution is -2.48. The zero-order chi connectivity index (χ0) is 24.7. The van der Waals surface area contributed by atoms with E-state index in [4.69, 9.17) is 14.7 Å². The molecule has 1 amide bonds. The minimum absolute atomic E-state index is 0.0160. The second kappa shape index (κ2) is 8.92. The Hall–Kier alpha value is -2.52. The fourth-order valence-corrected chi connectivity index (χ4v) is 5.56. The number of carbonyl (C=O) groups is 1. The number of rotatable bonds is 6. The van der Waals surface area contributed by atoms with Crippen LogP contribution in [0.5, 0.6) is 0 Å². The smallest absolute Gasteiger partial charge is 0.408 e. The molecule has 1 aromatic carbocycles. The Bertz CT molecular complexity index is 1100. The molecule has 34 heavy (non-hydrogen) atoms. The van der Waals surface area contributed by atoms with Gasteiger partial charge >= 0.3 is 6.09 Å². The third-order valence-electron chi connectivity index (χ3n) is 6.36. The number of aryl methyl sites for hydroxylation is 1. The van der Waals surface area contributed by atoms with E-state index in [1.54, 1.807) is 0 Å². The van der Waals surface area contributed by atoms with Crippen LogP contribution in [0, 0.1) is 0 Å². The zero-order valence-corrected chi connectivity index (χ0v) is 21.3. The van der Waals surface area contributed by atoms with E-state index >= 15 is 0 Å². The molecule has 9 heteroatoms. The Morgan fingerprint density at radius 3 is 2.38 bits per heavy atom. The van der Waals surface area contributed by atoms with E-state index in [1.165, 1.54) is 0 Å². The summed E-state index contributed by atoms with van der Waals surface area (Å²) < 4.78 is 18.0. The number of nitrogens with zero attached hydrogens (tertiary/aromatic N) is 2. The van der Waals surface area contributed by atoms with E-state index in [0.717, 1.165) is 36.1 Å². The number of benzene rings is 1. The number of anilines is 1. The van der Waals surface area contributed by atoms with Gasteiger partial charge in [-0.2, -0.15) is 0 Å². The summed E-state index contributed by atoms with van der Waals surface area (Å²) in [7, 11) is -1.14. The second-order valence-electron chi connectivity index (χ2n) is 10.7. The molecule has 0 saturated heterocycles. The molecule has 0 radical (unpaired) electrons. The van der Waals surface area contributed by atoms with Crippen molar-refractivity contribution < 1.29 is 18.8 Å². The van der Waals surface area contributed by atoms with Crippen LogP contribution in [0.1, 0.15) is 65.1 Å². The lowest BCUT2D eigenvalue weighted by atomic mass is 9.77. The summed E-state index contributed by atoms with van der Waals surface area (Å²) in [4.78, 5) is 22.4. The van der Waals surface area contributed by atoms with Crippen LogP contribution in [0.2, 0.25) is 0 Å². The molecular weight excluding hydrogens is 452 g/mol. The molecule has 0 unspecified atom stereocenters. The number of amides is 1. The van der Waals surface area contributed by atoms with Crippen LogP contribution in [0.25, 0.3) is 11.4 Å². The first kappa shape index (κ1) is 24.6. The first-order valence-electron chi connectivity index (χ1n) is 11.7. The highest BCUT2D eigenvalue weighted by Crippen LogP contribution is 2.38. The SMILES string of the molecule is CC(C)(C)OC(=O)NC(C)(C)c1ccc(-c2nc3c(c(NC4(CO)CCC4)n2)[S@](=O)CC3)cc1. The first-order chi connectivity index (χ1) is 15.9. The molecule has 1 fully saturated rings. The average molecular weight is 487 g/mol. The number of carbonyl (C=O) groups excluding carboxylic acids is 1. The van der Waals surface area contributed by atoms with Crippen molar-refractivity contribution in [2.24, 2.45) is 0 Å². The summed E-state index contributed by atoms with van der Waals surface area (Å²) in [5.41, 5.74) is 0.935. The van der Waals surface area contributed by atoms with Crippen molar-refractivity contribution in [1.29, 1.82) is 0 Å². The number of aliphatic hydroxyl groups is 1. The maximum atomic E-state index is 12.6. The number of nitrogens with one attached hydrogen (secondary N) is 2. The van der Waals surface area contributed by atoms with Crippen molar-refractivity contribution >= 4 is 22.7 Å². The Morgan fingerprint density at radius 1 is 1.15 bits per heavy atom. The molecule has 1 aromatic heterocycles. The number of hydrogen-bond acceptors (Lipinski definition) is 7. The molecule has 2 aromatic rings. The summed E-state index contributed by atoms with van der Waals surface area (Å²) in [6.07, 6.45) is 2.94. The number of aliphatic hydroxyl groups excluding tert-OH is 1. The molecule has 184 valence electrons. The lowest BCUT2D eigenvalue weighted by Gasteiger charge is -2.41. The van der Waals surface area contributed by atoms with Gasteiger partial charge in [0.05, 0.1) is 34.2 Å². The first-order valence-corrected chi connectivity index (χ1v) is 13.0. The minimum atomic E-state index is -1.14. The van der Waals surface area contributed by atoms with Gasteiger partial charge in [0, 0.05) is 17.7 Å². The summed E-state index contributed by atoms with van der Waals surface area (Å²) in [5, 5.41) is 16.2. The largest absolute Gasteiger partial charge is 0.444 e. The van der Waals surface area contributed by atoms with Crippen molar-refractivity contribution in [2.75, 3.05) is 17.7 Å². The fraction of sp³-hybridized carbons (Fsp3) is 0.560. The van der Waals surface area contributed by atoms with Gasteiger partial charge in [-0.15, -0.1) is 0 Å². The van der Waals surface area contributed by atoms with Crippen LogP contribution in [0.15, 0.2) is 29.2 Å². The predicted molar refractivity (Wildman–Crippen MR) is 132 cm³/mol. The van der Waals surface area contributed by atoms with Crippen molar-refractivity contribution in [3.8, 4) is 11.4 Å². The normalized spacial score (nSPS) is 19.2. The second-order valence-corrected chi connectivity index (χ2v) is 12.2. The molecule has 1 saturated carbocycles. The van der Waals surface area contributed by atoms with Gasteiger partial charge in [0.2, 0.25) is 0 Å². The van der Waals surface area contributed by atoms with Gasteiger partial charge in [0.1, 0.15) is 16.3 Å². The van der Waals surface area contributed by atoms with E-state index in [9.17, 15) is 14.1 Å². The lowest BCUT2D eigenvalue weighted by molar-refractivity contribution is 0.0470. The monoisotopic (exact) mass is 486 g/mol. The van der Waals surface area contributed by atoms with Crippen molar-refractivity contribution in [2.45, 2.75) is 81.9 Å². The molecule has 1 aliphatic heterocycles. The topological polar surface area (TPSA) is 113 Å². The Balaban J connectivity index is 1.60. The van der Waals surface area contributed by atoms with Crippen molar-refractivity contribution in [3.63, 3.8) is 0 Å². The predicted octanol–water partition coefficient (Wildman–Crippen LogP) is 3.89. The highest BCUT2D eigenvalue weighted by atomic mass is 32.2. The standard InChI is InChI=1S/C25H34N4O4S/c1-23(2,3)33-22(31)29-24(4,5)17-9-7-16(8-10-17)20-26-18-11-14-34(32)19(18)21(27-20)28-25(15-30)12-6-13-25/h7-10,30H,6,11-15H2,1-5H3,(H,29,31)(H,26,27,28)/t34-/m1/s1. The van der Waals surface area contributed by atoms with Gasteiger partial charge in [-0.3, -0.25) is 4.21 Å². The number of ether oxygens (including phenoxy) is 1. The average Bonchev–Trinajstić information content (AvgIpc) is 3.10. The van der Waals surface area contributed by atoms with Crippen LogP contribution >= 0.6 is 0 Å². The van der Waals surface area contributed by atoms with Crippen LogP contribution in [0.4, 0.5) is 10.6 Å². The Labute approximate surface area is 203 Å². The molecule has 4 rings (SSSR count). The Morgan fingerprint density at radius 2 is 1.82 bits per heavy atom. The summed E-state index contributed by atoms with van der Waals surface area (Å²) in [5.74, 6) is 1.66. The number of aromatic nitrogens is 2. The van der Waals surface area contributed by atoms with Crippen molar-refractivity contribution in [1.82, 2.24) is 15.3 Å². The molecule has 0 spiro atoms. The van der Waals surface area contributed by atoms with Gasteiger partial charge < -0.3 is 20.5 Å². The maximum Gasteiger partial charge on any atom is 0.408 e.